The Bertz CT molecular complexity index is 555. The third kappa shape index (κ3) is 4.25. The van der Waals surface area contributed by atoms with Crippen LogP contribution in [0, 0.1) is 0 Å². The summed E-state index contributed by atoms with van der Waals surface area (Å²) >= 11 is 12.2. The van der Waals surface area contributed by atoms with Crippen LogP contribution in [0.2, 0.25) is 10.0 Å². The molecule has 0 unspecified atom stereocenters. The average Bonchev–Trinajstić information content (AvgIpc) is 2.86. The molecule has 1 aromatic carbocycles. The van der Waals surface area contributed by atoms with Gasteiger partial charge in [-0.25, -0.2) is 0 Å². The Morgan fingerprint density at radius 3 is 2.90 bits per heavy atom. The Labute approximate surface area is 129 Å². The van der Waals surface area contributed by atoms with Gasteiger partial charge in [0.2, 0.25) is 0 Å². The third-order valence-corrected chi connectivity index (χ3v) is 3.66. The molecule has 0 amide bonds. The van der Waals surface area contributed by atoms with Crippen LogP contribution < -0.4 is 5.32 Å². The first-order valence-corrected chi connectivity index (χ1v) is 7.24. The molecule has 20 heavy (non-hydrogen) atoms. The van der Waals surface area contributed by atoms with Crippen molar-refractivity contribution in [2.45, 2.75) is 13.1 Å². The van der Waals surface area contributed by atoms with Crippen LogP contribution in [0.3, 0.4) is 0 Å². The van der Waals surface area contributed by atoms with E-state index in [0.29, 0.717) is 18.2 Å². The number of hydrogen-bond donors (Lipinski definition) is 1. The number of nitrogens with zero attached hydrogens (tertiary/aromatic N) is 1. The summed E-state index contributed by atoms with van der Waals surface area (Å²) < 4.78 is 7.18. The van der Waals surface area contributed by atoms with E-state index in [1.165, 1.54) is 5.69 Å². The maximum absolute atomic E-state index is 6.21. The topological polar surface area (TPSA) is 26.2 Å². The second-order valence-electron chi connectivity index (χ2n) is 4.53. The lowest BCUT2D eigenvalue weighted by atomic mass is 10.2. The van der Waals surface area contributed by atoms with E-state index >= 15 is 0 Å². The maximum atomic E-state index is 6.21. The highest BCUT2D eigenvalue weighted by Crippen LogP contribution is 2.22. The van der Waals surface area contributed by atoms with E-state index in [9.17, 15) is 0 Å². The molecule has 0 spiro atoms. The van der Waals surface area contributed by atoms with Gasteiger partial charge in [-0.1, -0.05) is 23.2 Å². The number of nitrogens with one attached hydrogen (secondary N) is 1. The first-order chi connectivity index (χ1) is 9.70. The first-order valence-electron chi connectivity index (χ1n) is 6.48. The van der Waals surface area contributed by atoms with Gasteiger partial charge in [-0.2, -0.15) is 0 Å². The largest absolute Gasteiger partial charge is 0.383 e. The molecule has 2 rings (SSSR count). The quantitative estimate of drug-likeness (QED) is 0.791. The van der Waals surface area contributed by atoms with Crippen molar-refractivity contribution in [1.29, 1.82) is 0 Å². The zero-order chi connectivity index (χ0) is 14.4. The molecule has 0 saturated heterocycles. The van der Waals surface area contributed by atoms with Crippen LogP contribution in [0.15, 0.2) is 36.5 Å². The summed E-state index contributed by atoms with van der Waals surface area (Å²) in [5.74, 6) is 0. The van der Waals surface area contributed by atoms with E-state index in [1.54, 1.807) is 13.2 Å². The molecule has 0 fully saturated rings. The zero-order valence-corrected chi connectivity index (χ0v) is 12.9. The molecule has 1 N–H and O–H groups in total. The molecule has 1 aromatic heterocycles. The minimum Gasteiger partial charge on any atom is -0.383 e. The van der Waals surface area contributed by atoms with E-state index in [2.05, 4.69) is 16.0 Å². The molecule has 5 heteroatoms. The first kappa shape index (κ1) is 15.4. The Kier molecular flexibility index (Phi) is 5.92. The van der Waals surface area contributed by atoms with Gasteiger partial charge in [-0.05, 0) is 35.9 Å². The van der Waals surface area contributed by atoms with Gasteiger partial charge < -0.3 is 14.6 Å². The van der Waals surface area contributed by atoms with Crippen LogP contribution in [-0.2, 0) is 17.8 Å². The highest BCUT2D eigenvalue weighted by molar-refractivity contribution is 6.33. The Morgan fingerprint density at radius 2 is 2.10 bits per heavy atom. The summed E-state index contributed by atoms with van der Waals surface area (Å²) in [5.41, 5.74) is 2.23. The van der Waals surface area contributed by atoms with E-state index in [1.807, 2.05) is 24.4 Å². The molecule has 0 radical (unpaired) electrons. The predicted molar refractivity (Wildman–Crippen MR) is 83.6 cm³/mol. The lowest BCUT2D eigenvalue weighted by Gasteiger charge is -2.12. The van der Waals surface area contributed by atoms with Gasteiger partial charge in [-0.15, -0.1) is 0 Å². The molecule has 0 atom stereocenters. The monoisotopic (exact) mass is 312 g/mol. The summed E-state index contributed by atoms with van der Waals surface area (Å²) in [6.45, 7) is 3.06. The van der Waals surface area contributed by atoms with Crippen LogP contribution in [0.4, 0.5) is 0 Å². The molecule has 0 aliphatic carbocycles. The minimum absolute atomic E-state index is 0.705. The number of hydrogen-bond acceptors (Lipinski definition) is 2. The SMILES string of the molecule is COCCNCc1cccn1Cc1cc(Cl)ccc1Cl. The zero-order valence-electron chi connectivity index (χ0n) is 11.4. The maximum Gasteiger partial charge on any atom is 0.0587 e. The molecule has 2 aromatic rings. The third-order valence-electron chi connectivity index (χ3n) is 3.06. The summed E-state index contributed by atoms with van der Waals surface area (Å²) in [5, 5.41) is 4.78. The van der Waals surface area contributed by atoms with E-state index in [-0.39, 0.29) is 0 Å². The van der Waals surface area contributed by atoms with Gasteiger partial charge in [-0.3, -0.25) is 0 Å². The number of methoxy groups -OCH3 is 1. The van der Waals surface area contributed by atoms with Crippen molar-refractivity contribution in [3.63, 3.8) is 0 Å². The van der Waals surface area contributed by atoms with Gasteiger partial charge in [0.05, 0.1) is 6.61 Å². The van der Waals surface area contributed by atoms with Crippen LogP contribution in [0.1, 0.15) is 11.3 Å². The van der Waals surface area contributed by atoms with Crippen molar-refractivity contribution in [3.05, 3.63) is 57.8 Å². The minimum atomic E-state index is 0.705. The lowest BCUT2D eigenvalue weighted by molar-refractivity contribution is 0.199. The number of benzene rings is 1. The fraction of sp³-hybridized carbons (Fsp3) is 0.333. The van der Waals surface area contributed by atoms with Crippen molar-refractivity contribution < 1.29 is 4.74 Å². The van der Waals surface area contributed by atoms with Crippen molar-refractivity contribution in [2.75, 3.05) is 20.3 Å². The molecule has 0 bridgehead atoms. The highest BCUT2D eigenvalue weighted by Gasteiger charge is 2.05. The molecule has 108 valence electrons. The fourth-order valence-electron chi connectivity index (χ4n) is 2.00. The van der Waals surface area contributed by atoms with E-state index < -0.39 is 0 Å². The van der Waals surface area contributed by atoms with Gasteiger partial charge in [0, 0.05) is 48.7 Å². The smallest absolute Gasteiger partial charge is 0.0587 e. The van der Waals surface area contributed by atoms with Crippen LogP contribution in [0.5, 0.6) is 0 Å². The average molecular weight is 313 g/mol. The van der Waals surface area contributed by atoms with Crippen LogP contribution in [-0.4, -0.2) is 24.8 Å². The van der Waals surface area contributed by atoms with Crippen LogP contribution in [0.25, 0.3) is 0 Å². The lowest BCUT2D eigenvalue weighted by Crippen LogP contribution is -2.20. The molecular weight excluding hydrogens is 295 g/mol. The highest BCUT2D eigenvalue weighted by atomic mass is 35.5. The van der Waals surface area contributed by atoms with Crippen molar-refractivity contribution >= 4 is 23.2 Å². The number of aromatic nitrogens is 1. The van der Waals surface area contributed by atoms with Crippen molar-refractivity contribution in [3.8, 4) is 0 Å². The second-order valence-corrected chi connectivity index (χ2v) is 5.38. The molecule has 3 nitrogen and oxygen atoms in total. The number of rotatable bonds is 7. The van der Waals surface area contributed by atoms with Crippen molar-refractivity contribution in [2.24, 2.45) is 0 Å². The van der Waals surface area contributed by atoms with E-state index in [0.717, 1.165) is 23.7 Å². The Hall–Kier alpha value is -1.000. The number of ether oxygens (including phenoxy) is 1. The van der Waals surface area contributed by atoms with Gasteiger partial charge in [0.25, 0.3) is 0 Å². The standard InChI is InChI=1S/C15H18Cl2N2O/c1-20-8-6-18-10-14-3-2-7-19(14)11-12-9-13(16)4-5-15(12)17/h2-5,7,9,18H,6,8,10-11H2,1H3. The molecule has 0 aliphatic rings. The summed E-state index contributed by atoms with van der Waals surface area (Å²) in [6.07, 6.45) is 2.05. The second kappa shape index (κ2) is 7.70. The molecule has 0 saturated carbocycles. The van der Waals surface area contributed by atoms with Gasteiger partial charge in [0.1, 0.15) is 0 Å². The normalized spacial score (nSPS) is 10.9. The van der Waals surface area contributed by atoms with Crippen LogP contribution >= 0.6 is 23.2 Å². The summed E-state index contributed by atoms with van der Waals surface area (Å²) in [4.78, 5) is 0. The van der Waals surface area contributed by atoms with Crippen molar-refractivity contribution in [1.82, 2.24) is 9.88 Å². The fourth-order valence-corrected chi connectivity index (χ4v) is 2.37. The predicted octanol–water partition coefficient (Wildman–Crippen LogP) is 3.58. The molecular formula is C15H18Cl2N2O. The Balaban J connectivity index is 2.02. The summed E-state index contributed by atoms with van der Waals surface area (Å²) in [7, 11) is 1.70. The molecule has 1 heterocycles. The van der Waals surface area contributed by atoms with Gasteiger partial charge >= 0.3 is 0 Å². The van der Waals surface area contributed by atoms with Gasteiger partial charge in [0.15, 0.2) is 0 Å². The van der Waals surface area contributed by atoms with E-state index in [4.69, 9.17) is 27.9 Å². The Morgan fingerprint density at radius 1 is 1.25 bits per heavy atom. The summed E-state index contributed by atoms with van der Waals surface area (Å²) in [6, 6.07) is 9.67. The number of halogens is 2. The molecule has 0 aliphatic heterocycles.